The smallest absolute Gasteiger partial charge is 0.238 e. The highest BCUT2D eigenvalue weighted by atomic mass is 35.5. The van der Waals surface area contributed by atoms with Crippen LogP contribution >= 0.6 is 23.2 Å². The predicted octanol–water partition coefficient (Wildman–Crippen LogP) is 4.96. The monoisotopic (exact) mass is 546 g/mol. The fourth-order valence-electron chi connectivity index (χ4n) is 6.55. The normalized spacial score (nSPS) is 32.7. The highest BCUT2D eigenvalue weighted by molar-refractivity contribution is 6.31. The van der Waals surface area contributed by atoms with E-state index in [4.69, 9.17) is 28.9 Å². The lowest BCUT2D eigenvalue weighted by Crippen LogP contribution is -2.57. The van der Waals surface area contributed by atoms with Gasteiger partial charge in [0, 0.05) is 23.0 Å². The number of nitrogens with two attached hydrogens (primary N) is 1. The highest BCUT2D eigenvalue weighted by Crippen LogP contribution is 2.57. The van der Waals surface area contributed by atoms with Crippen molar-refractivity contribution in [2.75, 3.05) is 0 Å². The van der Waals surface area contributed by atoms with Gasteiger partial charge >= 0.3 is 0 Å². The lowest BCUT2D eigenvalue weighted by Gasteiger charge is -2.42. The van der Waals surface area contributed by atoms with Crippen molar-refractivity contribution in [3.63, 3.8) is 0 Å². The second-order valence-corrected chi connectivity index (χ2v) is 13.1. The summed E-state index contributed by atoms with van der Waals surface area (Å²) in [6, 6.07) is 9.13. The van der Waals surface area contributed by atoms with E-state index in [1.165, 1.54) is 12.1 Å². The van der Waals surface area contributed by atoms with Gasteiger partial charge in [-0.2, -0.15) is 0 Å². The number of halogens is 3. The van der Waals surface area contributed by atoms with Gasteiger partial charge in [0.2, 0.25) is 5.91 Å². The lowest BCUT2D eigenvalue weighted by atomic mass is 9.62. The van der Waals surface area contributed by atoms with E-state index in [9.17, 15) is 14.3 Å². The van der Waals surface area contributed by atoms with Crippen molar-refractivity contribution in [1.82, 2.24) is 10.6 Å². The van der Waals surface area contributed by atoms with Crippen molar-refractivity contribution in [3.8, 4) is 0 Å². The number of hydrogen-bond acceptors (Lipinski definition) is 5. The summed E-state index contributed by atoms with van der Waals surface area (Å²) in [7, 11) is 0. The minimum atomic E-state index is -1.01. The van der Waals surface area contributed by atoms with Crippen LogP contribution < -0.4 is 16.4 Å². The molecule has 3 aliphatic rings. The Morgan fingerprint density at radius 3 is 2.59 bits per heavy atom. The molecule has 1 saturated heterocycles. The van der Waals surface area contributed by atoms with Gasteiger partial charge in [0.05, 0.1) is 27.8 Å². The number of carbonyl (C=O) groups excluding carboxylic acids is 1. The van der Waals surface area contributed by atoms with Gasteiger partial charge in [0.15, 0.2) is 0 Å². The number of amidine groups is 1. The molecule has 4 atom stereocenters. The number of rotatable bonds is 4. The summed E-state index contributed by atoms with van der Waals surface area (Å²) < 4.78 is 15.0. The summed E-state index contributed by atoms with van der Waals surface area (Å²) >= 11 is 12.6. The van der Waals surface area contributed by atoms with Gasteiger partial charge in [-0.3, -0.25) is 4.79 Å². The van der Waals surface area contributed by atoms with Gasteiger partial charge in [0.25, 0.3) is 0 Å². The van der Waals surface area contributed by atoms with E-state index in [-0.39, 0.29) is 28.4 Å². The highest BCUT2D eigenvalue weighted by Gasteiger charge is 2.63. The van der Waals surface area contributed by atoms with Gasteiger partial charge < -0.3 is 21.5 Å². The average molecular weight is 548 g/mol. The van der Waals surface area contributed by atoms with Crippen LogP contribution in [0.2, 0.25) is 10.0 Å². The molecule has 0 aromatic heterocycles. The Morgan fingerprint density at radius 1 is 1.27 bits per heavy atom. The lowest BCUT2D eigenvalue weighted by molar-refractivity contribution is -0.127. The molecule has 1 amide bonds. The molecule has 9 heteroatoms. The van der Waals surface area contributed by atoms with E-state index < -0.39 is 28.8 Å². The first-order chi connectivity index (χ1) is 17.2. The van der Waals surface area contributed by atoms with Crippen LogP contribution in [0.3, 0.4) is 0 Å². The van der Waals surface area contributed by atoms with Crippen LogP contribution in [-0.4, -0.2) is 40.6 Å². The Kier molecular flexibility index (Phi) is 6.38. The molecule has 5 N–H and O–H groups in total. The van der Waals surface area contributed by atoms with Crippen LogP contribution in [0.15, 0.2) is 41.4 Å². The molecule has 2 aliphatic heterocycles. The molecule has 0 bridgehead atoms. The Bertz CT molecular complexity index is 1280. The largest absolute Gasteiger partial charge is 0.390 e. The topological polar surface area (TPSA) is 99.7 Å². The molecule has 0 radical (unpaired) electrons. The van der Waals surface area contributed by atoms with E-state index in [2.05, 4.69) is 36.4 Å². The Hall–Kier alpha value is -2.19. The van der Waals surface area contributed by atoms with Crippen molar-refractivity contribution in [2.45, 2.75) is 82.0 Å². The number of aliphatic hydroxyl groups is 1. The molecule has 1 aliphatic carbocycles. The molecular formula is C28H33Cl2FN4O2. The Balaban J connectivity index is 1.68. The number of amides is 1. The standard InChI is InChI=1S/C28H33Cl2FN4O2/c1-26(2,3)13-21-28(17-9-19(31)18(30)10-20(17)34-25(28)32)22(14-6-5-7-15(29)8-14)23(35-21)24(36)33-16-11-27(4,37)12-16/h5-10,16,21-23,35,37H,11-13H2,1-4H3,(H2,32,34)(H,33,36). The molecule has 2 aromatic rings. The van der Waals surface area contributed by atoms with Crippen molar-refractivity contribution >= 4 is 40.6 Å². The molecular weight excluding hydrogens is 514 g/mol. The van der Waals surface area contributed by atoms with Gasteiger partial charge in [-0.1, -0.05) is 56.1 Å². The number of aliphatic imine (C=N–C) groups is 1. The second kappa shape index (κ2) is 8.94. The van der Waals surface area contributed by atoms with E-state index in [1.807, 2.05) is 18.2 Å². The fourth-order valence-corrected chi connectivity index (χ4v) is 6.90. The van der Waals surface area contributed by atoms with Crippen LogP contribution in [0.4, 0.5) is 10.1 Å². The van der Waals surface area contributed by atoms with Crippen LogP contribution in [0.25, 0.3) is 0 Å². The zero-order chi connectivity index (χ0) is 26.9. The minimum absolute atomic E-state index is 0.0312. The summed E-state index contributed by atoms with van der Waals surface area (Å²) in [4.78, 5) is 18.5. The zero-order valence-electron chi connectivity index (χ0n) is 21.4. The average Bonchev–Trinajstić information content (AvgIpc) is 3.22. The number of nitrogens with zero attached hydrogens (tertiary/aromatic N) is 1. The van der Waals surface area contributed by atoms with Gasteiger partial charge in [0.1, 0.15) is 11.7 Å². The number of nitrogens with one attached hydrogen (secondary N) is 2. The first-order valence-electron chi connectivity index (χ1n) is 12.6. The Labute approximate surface area is 226 Å². The third-order valence-corrected chi connectivity index (χ3v) is 8.45. The first kappa shape index (κ1) is 26.4. The van der Waals surface area contributed by atoms with E-state index in [0.29, 0.717) is 41.4 Å². The number of fused-ring (bicyclic) bond motifs is 2. The van der Waals surface area contributed by atoms with Gasteiger partial charge in [-0.05, 0) is 67.0 Å². The van der Waals surface area contributed by atoms with E-state index >= 15 is 0 Å². The molecule has 5 rings (SSSR count). The van der Waals surface area contributed by atoms with Crippen LogP contribution in [0, 0.1) is 11.2 Å². The predicted molar refractivity (Wildman–Crippen MR) is 145 cm³/mol. The van der Waals surface area contributed by atoms with Gasteiger partial charge in [-0.25, -0.2) is 9.38 Å². The van der Waals surface area contributed by atoms with E-state index in [0.717, 1.165) is 5.56 Å². The van der Waals surface area contributed by atoms with E-state index in [1.54, 1.807) is 13.0 Å². The number of hydrogen-bond donors (Lipinski definition) is 4. The maximum Gasteiger partial charge on any atom is 0.238 e. The van der Waals surface area contributed by atoms with Gasteiger partial charge in [-0.15, -0.1) is 0 Å². The molecule has 37 heavy (non-hydrogen) atoms. The Morgan fingerprint density at radius 2 is 1.97 bits per heavy atom. The second-order valence-electron chi connectivity index (χ2n) is 12.3. The summed E-state index contributed by atoms with van der Waals surface area (Å²) in [6.45, 7) is 8.11. The molecule has 6 nitrogen and oxygen atoms in total. The molecule has 2 heterocycles. The zero-order valence-corrected chi connectivity index (χ0v) is 22.9. The van der Waals surface area contributed by atoms with Crippen molar-refractivity contribution in [2.24, 2.45) is 16.1 Å². The van der Waals surface area contributed by atoms with Crippen molar-refractivity contribution in [1.29, 1.82) is 0 Å². The summed E-state index contributed by atoms with van der Waals surface area (Å²) in [6.07, 6.45) is 1.62. The maximum atomic E-state index is 15.0. The van der Waals surface area contributed by atoms with Crippen LogP contribution in [-0.2, 0) is 10.2 Å². The minimum Gasteiger partial charge on any atom is -0.390 e. The van der Waals surface area contributed by atoms with Crippen molar-refractivity contribution < 1.29 is 14.3 Å². The third-order valence-electron chi connectivity index (χ3n) is 7.93. The molecule has 1 spiro atoms. The fraction of sp³-hybridized carbons (Fsp3) is 0.500. The van der Waals surface area contributed by atoms with Crippen LogP contribution in [0.1, 0.15) is 64.0 Å². The number of benzene rings is 2. The SMILES string of the molecule is CC(C)(C)CC1NC(C(=O)NC2CC(C)(O)C2)C(c2cccc(Cl)c2)C12C(N)=Nc1cc(Cl)c(F)cc12. The van der Waals surface area contributed by atoms with Crippen LogP contribution in [0.5, 0.6) is 0 Å². The maximum absolute atomic E-state index is 15.0. The molecule has 1 saturated carbocycles. The third kappa shape index (κ3) is 4.54. The molecule has 198 valence electrons. The quantitative estimate of drug-likeness (QED) is 0.435. The first-order valence-corrected chi connectivity index (χ1v) is 13.4. The molecule has 2 aromatic carbocycles. The summed E-state index contributed by atoms with van der Waals surface area (Å²) in [5, 5.41) is 17.4. The number of carbonyl (C=O) groups is 1. The molecule has 2 fully saturated rings. The molecule has 4 unspecified atom stereocenters. The summed E-state index contributed by atoms with van der Waals surface area (Å²) in [5.41, 5.74) is 6.78. The van der Waals surface area contributed by atoms with Crippen molar-refractivity contribution in [3.05, 3.63) is 63.4 Å². The summed E-state index contributed by atoms with van der Waals surface area (Å²) in [5.74, 6) is -0.965.